The van der Waals surface area contributed by atoms with Crippen LogP contribution in [0.2, 0.25) is 5.02 Å². The number of nitro groups is 1. The van der Waals surface area contributed by atoms with Gasteiger partial charge in [0.25, 0.3) is 11.2 Å². The fourth-order valence-electron chi connectivity index (χ4n) is 4.00. The Morgan fingerprint density at radius 3 is 2.62 bits per heavy atom. The van der Waals surface area contributed by atoms with Crippen LogP contribution < -0.4 is 10.3 Å². The summed E-state index contributed by atoms with van der Waals surface area (Å²) in [5.74, 6) is 1.01. The molecule has 0 aliphatic rings. The van der Waals surface area contributed by atoms with Crippen molar-refractivity contribution in [2.75, 3.05) is 0 Å². The van der Waals surface area contributed by atoms with E-state index >= 15 is 0 Å². The molecule has 0 atom stereocenters. The zero-order chi connectivity index (χ0) is 27.8. The topological polar surface area (TPSA) is 126 Å². The van der Waals surface area contributed by atoms with Gasteiger partial charge in [-0.15, -0.1) is 0 Å². The van der Waals surface area contributed by atoms with Crippen molar-refractivity contribution in [1.29, 1.82) is 0 Å². The van der Waals surface area contributed by atoms with Crippen molar-refractivity contribution in [2.24, 2.45) is 5.10 Å². The number of para-hydroxylation sites is 2. The molecule has 0 aliphatic heterocycles. The van der Waals surface area contributed by atoms with Crippen LogP contribution in [0.25, 0.3) is 33.5 Å². The highest BCUT2D eigenvalue weighted by Gasteiger charge is 2.17. The van der Waals surface area contributed by atoms with Crippen LogP contribution in [0.1, 0.15) is 5.56 Å². The van der Waals surface area contributed by atoms with Crippen LogP contribution in [-0.2, 0) is 0 Å². The van der Waals surface area contributed by atoms with Crippen LogP contribution in [0.3, 0.4) is 0 Å². The Labute approximate surface area is 238 Å². The van der Waals surface area contributed by atoms with E-state index < -0.39 is 4.92 Å². The summed E-state index contributed by atoms with van der Waals surface area (Å²) in [6.07, 6.45) is 2.56. The molecule has 3 heterocycles. The standard InChI is InChI=1S/C28H15BrClN5O5/c29-20-11-16(12-21(30)26(20)40-25-10-9-18(15-31-25)35(37)38)14-32-34-27(24-13-17-5-1-4-8-23(17)39-24)33-22-7-3-2-6-19(22)28(34)36/h1-15H. The molecule has 0 radical (unpaired) electrons. The molecule has 0 saturated heterocycles. The van der Waals surface area contributed by atoms with Crippen LogP contribution in [-0.4, -0.2) is 25.8 Å². The molecule has 6 aromatic rings. The van der Waals surface area contributed by atoms with E-state index in [1.807, 2.05) is 30.3 Å². The number of halogens is 2. The number of ether oxygens (including phenoxy) is 1. The lowest BCUT2D eigenvalue weighted by molar-refractivity contribution is -0.385. The lowest BCUT2D eigenvalue weighted by Crippen LogP contribution is -2.20. The van der Waals surface area contributed by atoms with Gasteiger partial charge in [-0.05, 0) is 57.9 Å². The van der Waals surface area contributed by atoms with Crippen LogP contribution in [0.5, 0.6) is 11.6 Å². The molecule has 0 unspecified atom stereocenters. The number of nitrogens with zero attached hydrogens (tertiary/aromatic N) is 5. The number of aromatic nitrogens is 3. The number of rotatable bonds is 6. The molecule has 12 heteroatoms. The molecular formula is C28H15BrClN5O5. The summed E-state index contributed by atoms with van der Waals surface area (Å²) < 4.78 is 13.4. The van der Waals surface area contributed by atoms with Gasteiger partial charge in [0.1, 0.15) is 11.8 Å². The van der Waals surface area contributed by atoms with Crippen molar-refractivity contribution >= 4 is 61.3 Å². The summed E-state index contributed by atoms with van der Waals surface area (Å²) in [6.45, 7) is 0. The first kappa shape index (κ1) is 25.4. The molecule has 0 N–H and O–H groups in total. The molecule has 3 aromatic carbocycles. The normalized spacial score (nSPS) is 11.4. The molecule has 0 amide bonds. The number of fused-ring (bicyclic) bond motifs is 2. The average Bonchev–Trinajstić information content (AvgIpc) is 3.39. The second kappa shape index (κ2) is 10.4. The molecule has 196 valence electrons. The minimum atomic E-state index is -0.552. The van der Waals surface area contributed by atoms with Gasteiger partial charge < -0.3 is 9.15 Å². The average molecular weight is 617 g/mol. The third-order valence-electron chi connectivity index (χ3n) is 5.88. The van der Waals surface area contributed by atoms with E-state index in [0.29, 0.717) is 32.3 Å². The van der Waals surface area contributed by atoms with E-state index in [0.717, 1.165) is 11.6 Å². The van der Waals surface area contributed by atoms with Gasteiger partial charge in [-0.1, -0.05) is 41.9 Å². The van der Waals surface area contributed by atoms with E-state index in [9.17, 15) is 14.9 Å². The van der Waals surface area contributed by atoms with E-state index in [-0.39, 0.29) is 33.7 Å². The molecule has 6 rings (SSSR count). The van der Waals surface area contributed by atoms with Crippen LogP contribution >= 0.6 is 27.5 Å². The largest absolute Gasteiger partial charge is 0.453 e. The van der Waals surface area contributed by atoms with E-state index in [4.69, 9.17) is 20.8 Å². The highest BCUT2D eigenvalue weighted by Crippen LogP contribution is 2.37. The van der Waals surface area contributed by atoms with Gasteiger partial charge >= 0.3 is 0 Å². The minimum Gasteiger partial charge on any atom is -0.453 e. The third-order valence-corrected chi connectivity index (χ3v) is 6.75. The highest BCUT2D eigenvalue weighted by molar-refractivity contribution is 9.10. The van der Waals surface area contributed by atoms with Crippen molar-refractivity contribution in [2.45, 2.75) is 0 Å². The minimum absolute atomic E-state index is 0.124. The summed E-state index contributed by atoms with van der Waals surface area (Å²) in [6, 6.07) is 22.2. The summed E-state index contributed by atoms with van der Waals surface area (Å²) in [4.78, 5) is 32.4. The Morgan fingerprint density at radius 2 is 1.88 bits per heavy atom. The molecular weight excluding hydrogens is 602 g/mol. The molecule has 0 spiro atoms. The maximum atomic E-state index is 13.5. The van der Waals surface area contributed by atoms with Crippen molar-refractivity contribution in [3.63, 3.8) is 0 Å². The number of hydrogen-bond acceptors (Lipinski definition) is 8. The number of hydrogen-bond donors (Lipinski definition) is 0. The molecule has 40 heavy (non-hydrogen) atoms. The zero-order valence-corrected chi connectivity index (χ0v) is 22.5. The molecule has 0 saturated carbocycles. The summed E-state index contributed by atoms with van der Waals surface area (Å²) in [7, 11) is 0. The molecule has 0 bridgehead atoms. The van der Waals surface area contributed by atoms with Gasteiger partial charge in [-0.3, -0.25) is 14.9 Å². The first-order chi connectivity index (χ1) is 19.4. The van der Waals surface area contributed by atoms with Gasteiger partial charge in [0.15, 0.2) is 11.5 Å². The lowest BCUT2D eigenvalue weighted by Gasteiger charge is -2.10. The Balaban J connectivity index is 1.38. The van der Waals surface area contributed by atoms with E-state index in [1.165, 1.54) is 23.0 Å². The number of benzene rings is 3. The fourth-order valence-corrected chi connectivity index (χ4v) is 4.94. The summed E-state index contributed by atoms with van der Waals surface area (Å²) >= 11 is 9.92. The van der Waals surface area contributed by atoms with Crippen LogP contribution in [0, 0.1) is 10.1 Å². The van der Waals surface area contributed by atoms with Crippen molar-refractivity contribution in [3.8, 4) is 23.2 Å². The van der Waals surface area contributed by atoms with Crippen LogP contribution in [0.4, 0.5) is 5.69 Å². The van der Waals surface area contributed by atoms with Crippen LogP contribution in [0.15, 0.2) is 104 Å². The first-order valence-electron chi connectivity index (χ1n) is 11.7. The predicted molar refractivity (Wildman–Crippen MR) is 154 cm³/mol. The van der Waals surface area contributed by atoms with E-state index in [2.05, 4.69) is 31.0 Å². The Bertz CT molecular complexity index is 1960. The Hall–Kier alpha value is -4.87. The van der Waals surface area contributed by atoms with Gasteiger partial charge in [-0.2, -0.15) is 9.78 Å². The third kappa shape index (κ3) is 4.83. The van der Waals surface area contributed by atoms with Gasteiger partial charge in [0.2, 0.25) is 11.7 Å². The quantitative estimate of drug-likeness (QED) is 0.110. The SMILES string of the molecule is O=c1c2ccccc2nc(-c2cc3ccccc3o2)n1N=Cc1cc(Cl)c(Oc2ccc([N+](=O)[O-])cn2)c(Br)c1. The van der Waals surface area contributed by atoms with Crippen molar-refractivity contribution in [1.82, 2.24) is 14.6 Å². The first-order valence-corrected chi connectivity index (χ1v) is 12.9. The monoisotopic (exact) mass is 615 g/mol. The smallest absolute Gasteiger partial charge is 0.287 e. The molecule has 0 fully saturated rings. The fraction of sp³-hybridized carbons (Fsp3) is 0. The second-order valence-electron chi connectivity index (χ2n) is 8.49. The molecule has 0 aliphatic carbocycles. The summed E-state index contributed by atoms with van der Waals surface area (Å²) in [5, 5.41) is 16.8. The van der Waals surface area contributed by atoms with Gasteiger partial charge in [0, 0.05) is 17.5 Å². The number of furan rings is 1. The van der Waals surface area contributed by atoms with Gasteiger partial charge in [0.05, 0.1) is 31.5 Å². The zero-order valence-electron chi connectivity index (χ0n) is 20.2. The second-order valence-corrected chi connectivity index (χ2v) is 9.75. The van der Waals surface area contributed by atoms with Crippen molar-refractivity contribution in [3.05, 3.63) is 121 Å². The Morgan fingerprint density at radius 1 is 1.07 bits per heavy atom. The molecule has 3 aromatic heterocycles. The maximum absolute atomic E-state index is 13.5. The molecule has 10 nitrogen and oxygen atoms in total. The van der Waals surface area contributed by atoms with Crippen molar-refractivity contribution < 1.29 is 14.1 Å². The maximum Gasteiger partial charge on any atom is 0.287 e. The Kier molecular flexibility index (Phi) is 6.58. The highest BCUT2D eigenvalue weighted by atomic mass is 79.9. The predicted octanol–water partition coefficient (Wildman–Crippen LogP) is 7.20. The number of pyridine rings is 1. The summed E-state index contributed by atoms with van der Waals surface area (Å²) in [5.41, 5.74) is 1.19. The van der Waals surface area contributed by atoms with Gasteiger partial charge in [-0.25, -0.2) is 9.97 Å². The van der Waals surface area contributed by atoms with E-state index in [1.54, 1.807) is 36.4 Å². The lowest BCUT2D eigenvalue weighted by atomic mass is 10.2.